The number of aryl methyl sites for hydroxylation is 1. The first kappa shape index (κ1) is 18.6. The van der Waals surface area contributed by atoms with Gasteiger partial charge in [0.2, 0.25) is 10.0 Å². The fourth-order valence-electron chi connectivity index (χ4n) is 2.93. The third-order valence-corrected chi connectivity index (χ3v) is 6.15. The Labute approximate surface area is 150 Å². The molecule has 1 aliphatic heterocycles. The summed E-state index contributed by atoms with van der Waals surface area (Å²) in [6.07, 6.45) is -2.90. The van der Waals surface area contributed by atoms with Crippen LogP contribution in [0.2, 0.25) is 0 Å². The predicted molar refractivity (Wildman–Crippen MR) is 93.8 cm³/mol. The van der Waals surface area contributed by atoms with Gasteiger partial charge < -0.3 is 0 Å². The zero-order valence-electron chi connectivity index (χ0n) is 14.4. The molecule has 0 radical (unpaired) electrons. The summed E-state index contributed by atoms with van der Waals surface area (Å²) in [6.45, 7) is 1.89. The minimum absolute atomic E-state index is 0.0982. The summed E-state index contributed by atoms with van der Waals surface area (Å²) in [5.74, 6) is 0. The molecule has 0 N–H and O–H groups in total. The van der Waals surface area contributed by atoms with Crippen LogP contribution in [-0.4, -0.2) is 33.0 Å². The van der Waals surface area contributed by atoms with E-state index in [1.165, 1.54) is 26.2 Å². The molecule has 0 amide bonds. The molecule has 0 aromatic heterocycles. The Hall–Kier alpha value is -2.19. The van der Waals surface area contributed by atoms with Gasteiger partial charge in [0.1, 0.15) is 0 Å². The van der Waals surface area contributed by atoms with Gasteiger partial charge in [-0.3, -0.25) is 4.99 Å². The first-order valence-corrected chi connectivity index (χ1v) is 9.23. The summed E-state index contributed by atoms with van der Waals surface area (Å²) in [4.78, 5) is 4.17. The minimum Gasteiger partial charge on any atom is -0.288 e. The van der Waals surface area contributed by atoms with Gasteiger partial charge in [0.25, 0.3) is 0 Å². The quantitative estimate of drug-likeness (QED) is 0.809. The summed E-state index contributed by atoms with van der Waals surface area (Å²) < 4.78 is 65.3. The normalized spacial score (nSPS) is 14.1. The van der Waals surface area contributed by atoms with Crippen LogP contribution in [0.5, 0.6) is 0 Å². The second-order valence-electron chi connectivity index (χ2n) is 6.33. The monoisotopic (exact) mass is 382 g/mol. The smallest absolute Gasteiger partial charge is 0.288 e. The number of alkyl halides is 3. The number of benzene rings is 2. The van der Waals surface area contributed by atoms with E-state index in [0.29, 0.717) is 27.8 Å². The number of rotatable bonds is 3. The molecule has 26 heavy (non-hydrogen) atoms. The van der Waals surface area contributed by atoms with Gasteiger partial charge in [-0.2, -0.15) is 13.2 Å². The van der Waals surface area contributed by atoms with Gasteiger partial charge in [-0.1, -0.05) is 6.07 Å². The summed E-state index contributed by atoms with van der Waals surface area (Å²) >= 11 is 0. The molecule has 0 unspecified atom stereocenters. The molecule has 1 aliphatic rings. The van der Waals surface area contributed by atoms with Crippen molar-refractivity contribution in [2.75, 3.05) is 14.1 Å². The minimum atomic E-state index is -4.46. The van der Waals surface area contributed by atoms with E-state index in [1.807, 2.05) is 0 Å². The highest BCUT2D eigenvalue weighted by Crippen LogP contribution is 2.38. The fraction of sp³-hybridized carbons (Fsp3) is 0.278. The lowest BCUT2D eigenvalue weighted by Crippen LogP contribution is -2.22. The van der Waals surface area contributed by atoms with Crippen molar-refractivity contribution in [3.8, 4) is 11.1 Å². The van der Waals surface area contributed by atoms with E-state index in [9.17, 15) is 21.6 Å². The first-order chi connectivity index (χ1) is 12.0. The Kier molecular flexibility index (Phi) is 4.44. The van der Waals surface area contributed by atoms with Crippen molar-refractivity contribution in [2.24, 2.45) is 4.99 Å². The van der Waals surface area contributed by atoms with Crippen LogP contribution >= 0.6 is 0 Å². The number of hydrogen-bond donors (Lipinski definition) is 0. The van der Waals surface area contributed by atoms with Crippen LogP contribution in [0.4, 0.5) is 13.2 Å². The molecule has 2 aromatic rings. The average Bonchev–Trinajstić information content (AvgIpc) is 3.01. The largest absolute Gasteiger partial charge is 0.416 e. The maximum atomic E-state index is 13.2. The van der Waals surface area contributed by atoms with E-state index in [2.05, 4.69) is 4.99 Å². The lowest BCUT2D eigenvalue weighted by molar-refractivity contribution is -0.137. The summed E-state index contributed by atoms with van der Waals surface area (Å²) in [7, 11) is -0.764. The molecule has 1 heterocycles. The molecular formula is C18H17F3N2O2S. The highest BCUT2D eigenvalue weighted by molar-refractivity contribution is 7.89. The van der Waals surface area contributed by atoms with Crippen LogP contribution in [0.1, 0.15) is 22.3 Å². The molecule has 4 nitrogen and oxygen atoms in total. The van der Waals surface area contributed by atoms with Crippen LogP contribution in [0.3, 0.4) is 0 Å². The van der Waals surface area contributed by atoms with Crippen molar-refractivity contribution in [1.29, 1.82) is 0 Å². The Morgan fingerprint density at radius 1 is 1.08 bits per heavy atom. The van der Waals surface area contributed by atoms with E-state index in [4.69, 9.17) is 0 Å². The number of sulfonamides is 1. The summed E-state index contributed by atoms with van der Waals surface area (Å²) in [5.41, 5.74) is 1.96. The Bertz CT molecular complexity index is 1010. The lowest BCUT2D eigenvalue weighted by Gasteiger charge is -2.17. The molecule has 0 fully saturated rings. The van der Waals surface area contributed by atoms with Gasteiger partial charge in [0, 0.05) is 25.9 Å². The molecule has 2 aromatic carbocycles. The third kappa shape index (κ3) is 3.14. The van der Waals surface area contributed by atoms with E-state index >= 15 is 0 Å². The van der Waals surface area contributed by atoms with Gasteiger partial charge in [0.15, 0.2) is 0 Å². The Morgan fingerprint density at radius 3 is 2.35 bits per heavy atom. The molecule has 138 valence electrons. The SMILES string of the molecule is Cc1cc(S(=O)(=O)N(C)C)ccc1-c1cc(C(F)(F)F)cc2c1C=NC2. The lowest BCUT2D eigenvalue weighted by atomic mass is 9.92. The van der Waals surface area contributed by atoms with Crippen LogP contribution in [0, 0.1) is 6.92 Å². The number of nitrogens with zero attached hydrogens (tertiary/aromatic N) is 2. The average molecular weight is 382 g/mol. The molecule has 0 saturated carbocycles. The second kappa shape index (κ2) is 6.21. The highest BCUT2D eigenvalue weighted by atomic mass is 32.2. The van der Waals surface area contributed by atoms with Crippen LogP contribution in [0.15, 0.2) is 40.2 Å². The summed E-state index contributed by atoms with van der Waals surface area (Å²) in [5, 5.41) is 0. The maximum absolute atomic E-state index is 13.2. The van der Waals surface area contributed by atoms with Crippen molar-refractivity contribution in [2.45, 2.75) is 24.5 Å². The van der Waals surface area contributed by atoms with Crippen LogP contribution in [0.25, 0.3) is 11.1 Å². The van der Waals surface area contributed by atoms with Crippen molar-refractivity contribution < 1.29 is 21.6 Å². The van der Waals surface area contributed by atoms with E-state index in [0.717, 1.165) is 16.4 Å². The summed E-state index contributed by atoms with van der Waals surface area (Å²) in [6, 6.07) is 6.65. The van der Waals surface area contributed by atoms with Crippen molar-refractivity contribution in [3.63, 3.8) is 0 Å². The van der Waals surface area contributed by atoms with Gasteiger partial charge in [0.05, 0.1) is 17.0 Å². The molecule has 0 bridgehead atoms. The molecule has 0 aliphatic carbocycles. The number of hydrogen-bond acceptors (Lipinski definition) is 3. The van der Waals surface area contributed by atoms with Crippen molar-refractivity contribution >= 4 is 16.2 Å². The number of aliphatic imine (C=N–C) groups is 1. The topological polar surface area (TPSA) is 49.7 Å². The maximum Gasteiger partial charge on any atom is 0.416 e. The van der Waals surface area contributed by atoms with Gasteiger partial charge in [-0.05, 0) is 53.4 Å². The van der Waals surface area contributed by atoms with Crippen LogP contribution in [-0.2, 0) is 22.7 Å². The molecule has 0 spiro atoms. The second-order valence-corrected chi connectivity index (χ2v) is 8.48. The van der Waals surface area contributed by atoms with E-state index in [1.54, 1.807) is 19.2 Å². The molecule has 3 rings (SSSR count). The standard InChI is InChI=1S/C18H17F3N2O2S/c1-11-6-14(26(24,25)23(2)3)4-5-15(11)16-8-13(18(19,20)21)7-12-9-22-10-17(12)16/h4-8,10H,9H2,1-3H3. The number of fused-ring (bicyclic) bond motifs is 1. The van der Waals surface area contributed by atoms with Crippen molar-refractivity contribution in [1.82, 2.24) is 4.31 Å². The van der Waals surface area contributed by atoms with E-state index in [-0.39, 0.29) is 11.4 Å². The molecule has 0 saturated heterocycles. The van der Waals surface area contributed by atoms with Crippen LogP contribution < -0.4 is 0 Å². The zero-order valence-corrected chi connectivity index (χ0v) is 15.2. The zero-order chi connectivity index (χ0) is 19.3. The molecule has 0 atom stereocenters. The molecule has 8 heteroatoms. The molecular weight excluding hydrogens is 365 g/mol. The fourth-order valence-corrected chi connectivity index (χ4v) is 3.92. The first-order valence-electron chi connectivity index (χ1n) is 7.79. The number of halogens is 3. The Balaban J connectivity index is 2.19. The van der Waals surface area contributed by atoms with Gasteiger partial charge in [-0.15, -0.1) is 0 Å². The Morgan fingerprint density at radius 2 is 1.77 bits per heavy atom. The van der Waals surface area contributed by atoms with Gasteiger partial charge in [-0.25, -0.2) is 12.7 Å². The predicted octanol–water partition coefficient (Wildman–Crippen LogP) is 3.86. The van der Waals surface area contributed by atoms with E-state index < -0.39 is 21.8 Å². The van der Waals surface area contributed by atoms with Crippen molar-refractivity contribution in [3.05, 3.63) is 52.6 Å². The highest BCUT2D eigenvalue weighted by Gasteiger charge is 2.33. The third-order valence-electron chi connectivity index (χ3n) is 4.34. The van der Waals surface area contributed by atoms with Gasteiger partial charge >= 0.3 is 6.18 Å².